The van der Waals surface area contributed by atoms with E-state index in [1.807, 2.05) is 19.9 Å². The van der Waals surface area contributed by atoms with Gasteiger partial charge in [0.05, 0.1) is 12.7 Å². The number of phosphoric ester groups is 1. The minimum atomic E-state index is -3.25. The van der Waals surface area contributed by atoms with E-state index in [1.54, 1.807) is 6.08 Å². The van der Waals surface area contributed by atoms with Crippen molar-refractivity contribution in [3.63, 3.8) is 0 Å². The highest BCUT2D eigenvalue weighted by Crippen LogP contribution is 2.71. The van der Waals surface area contributed by atoms with Crippen molar-refractivity contribution in [3.8, 4) is 0 Å². The van der Waals surface area contributed by atoms with E-state index >= 15 is 0 Å². The van der Waals surface area contributed by atoms with Crippen molar-refractivity contribution in [2.75, 3.05) is 6.61 Å². The highest BCUT2D eigenvalue weighted by Gasteiger charge is 2.56. The highest BCUT2D eigenvalue weighted by atomic mass is 31.2. The van der Waals surface area contributed by atoms with Gasteiger partial charge in [0, 0.05) is 0 Å². The van der Waals surface area contributed by atoms with Crippen LogP contribution in [0.3, 0.4) is 0 Å². The van der Waals surface area contributed by atoms with E-state index in [0.29, 0.717) is 12.4 Å². The molecule has 3 aliphatic rings. The average molecular weight is 244 g/mol. The van der Waals surface area contributed by atoms with Crippen molar-refractivity contribution in [2.24, 2.45) is 0 Å². The quantitative estimate of drug-likeness (QED) is 0.549. The number of rotatable bonds is 5. The fourth-order valence-corrected chi connectivity index (χ4v) is 2.51. The van der Waals surface area contributed by atoms with Crippen LogP contribution in [0.1, 0.15) is 13.8 Å². The minimum absolute atomic E-state index is 0.0894. The second-order valence-corrected chi connectivity index (χ2v) is 4.96. The van der Waals surface area contributed by atoms with Crippen LogP contribution in [0.2, 0.25) is 0 Å². The molecular weight excluding hydrogens is 231 g/mol. The molecule has 3 aliphatic heterocycles. The lowest BCUT2D eigenvalue weighted by molar-refractivity contribution is 0.0985. The molecule has 3 heterocycles. The molecule has 1 fully saturated rings. The van der Waals surface area contributed by atoms with Crippen molar-refractivity contribution in [2.45, 2.75) is 20.0 Å². The number of phosphoric acid groups is 1. The molecule has 88 valence electrons. The Labute approximate surface area is 93.9 Å². The topological polar surface area (TPSA) is 54.0 Å². The molecule has 5 nitrogen and oxygen atoms in total. The Balaban J connectivity index is 2.00. The SMILES string of the molecule is C=CCOC(C)/C=C(\C)C1=C2OP(=O)(O2)O1. The summed E-state index contributed by atoms with van der Waals surface area (Å²) in [6.45, 7) is 7.74. The van der Waals surface area contributed by atoms with E-state index in [0.717, 1.165) is 5.57 Å². The van der Waals surface area contributed by atoms with Crippen molar-refractivity contribution in [3.05, 3.63) is 36.0 Å². The summed E-state index contributed by atoms with van der Waals surface area (Å²) in [6, 6.07) is 0. The van der Waals surface area contributed by atoms with Gasteiger partial charge in [-0.2, -0.15) is 4.57 Å². The molecule has 0 amide bonds. The van der Waals surface area contributed by atoms with Gasteiger partial charge >= 0.3 is 13.8 Å². The van der Waals surface area contributed by atoms with E-state index in [-0.39, 0.29) is 12.0 Å². The third-order valence-corrected chi connectivity index (χ3v) is 3.28. The molecule has 1 atom stereocenters. The zero-order valence-electron chi connectivity index (χ0n) is 9.13. The molecule has 0 spiro atoms. The summed E-state index contributed by atoms with van der Waals surface area (Å²) in [5, 5.41) is 0. The minimum Gasteiger partial charge on any atom is -0.378 e. The Hall–Kier alpha value is -1.19. The number of hydrogen-bond donors (Lipinski definition) is 0. The molecule has 0 saturated carbocycles. The summed E-state index contributed by atoms with van der Waals surface area (Å²) in [4.78, 5) is 0. The third-order valence-electron chi connectivity index (χ3n) is 2.10. The van der Waals surface area contributed by atoms with Crippen LogP contribution >= 0.6 is 7.82 Å². The Kier molecular flexibility index (Phi) is 2.82. The van der Waals surface area contributed by atoms with Gasteiger partial charge in [0.2, 0.25) is 5.76 Å². The lowest BCUT2D eigenvalue weighted by Crippen LogP contribution is -2.05. The van der Waals surface area contributed by atoms with Crippen LogP contribution in [0.4, 0.5) is 0 Å². The number of ether oxygens (including phenoxy) is 1. The number of fused-ring (bicyclic) bond motifs is 1. The van der Waals surface area contributed by atoms with Crippen molar-refractivity contribution in [1.82, 2.24) is 0 Å². The Bertz CT molecular complexity index is 411. The van der Waals surface area contributed by atoms with Crippen LogP contribution in [-0.4, -0.2) is 12.7 Å². The van der Waals surface area contributed by atoms with Crippen LogP contribution in [0, 0.1) is 0 Å². The average Bonchev–Trinajstić information content (AvgIpc) is 2.67. The van der Waals surface area contributed by atoms with Gasteiger partial charge in [-0.3, -0.25) is 0 Å². The molecule has 0 N–H and O–H groups in total. The van der Waals surface area contributed by atoms with Crippen LogP contribution < -0.4 is 0 Å². The number of hydrogen-bond acceptors (Lipinski definition) is 5. The molecule has 2 bridgehead atoms. The molecule has 6 heteroatoms. The lowest BCUT2D eigenvalue weighted by atomic mass is 10.2. The zero-order chi connectivity index (χ0) is 11.8. The zero-order valence-corrected chi connectivity index (χ0v) is 10.0. The second-order valence-electron chi connectivity index (χ2n) is 3.51. The fourth-order valence-electron chi connectivity index (χ4n) is 1.41. The maximum Gasteiger partial charge on any atom is 0.652 e. The molecule has 0 aromatic carbocycles. The van der Waals surface area contributed by atoms with E-state index in [4.69, 9.17) is 18.3 Å². The summed E-state index contributed by atoms with van der Waals surface area (Å²) in [5.74, 6) is 0.602. The van der Waals surface area contributed by atoms with E-state index < -0.39 is 7.82 Å². The Morgan fingerprint density at radius 2 is 2.25 bits per heavy atom. The third kappa shape index (κ3) is 2.01. The first-order valence-electron chi connectivity index (χ1n) is 4.88. The van der Waals surface area contributed by atoms with Crippen LogP contribution in [0.25, 0.3) is 0 Å². The molecule has 1 unspecified atom stereocenters. The lowest BCUT2D eigenvalue weighted by Gasteiger charge is -2.15. The first kappa shape index (κ1) is 11.3. The van der Waals surface area contributed by atoms with Gasteiger partial charge in [-0.15, -0.1) is 6.58 Å². The summed E-state index contributed by atoms with van der Waals surface area (Å²) in [5.41, 5.74) is 0.779. The van der Waals surface area contributed by atoms with Gasteiger partial charge in [0.25, 0.3) is 0 Å². The van der Waals surface area contributed by atoms with E-state index in [2.05, 4.69) is 6.58 Å². The second kappa shape index (κ2) is 4.00. The Morgan fingerprint density at radius 1 is 1.56 bits per heavy atom. The van der Waals surface area contributed by atoms with Gasteiger partial charge in [0.1, 0.15) is 0 Å². The molecule has 0 radical (unpaired) electrons. The molecule has 1 saturated heterocycles. The maximum absolute atomic E-state index is 11.3. The van der Waals surface area contributed by atoms with Gasteiger partial charge < -0.3 is 18.3 Å². The first-order chi connectivity index (χ1) is 7.54. The van der Waals surface area contributed by atoms with Crippen molar-refractivity contribution < 1.29 is 22.9 Å². The molecule has 16 heavy (non-hydrogen) atoms. The van der Waals surface area contributed by atoms with Crippen molar-refractivity contribution >= 4 is 7.82 Å². The molecule has 0 aliphatic carbocycles. The van der Waals surface area contributed by atoms with Crippen LogP contribution in [-0.2, 0) is 22.9 Å². The van der Waals surface area contributed by atoms with Gasteiger partial charge in [-0.05, 0) is 25.5 Å². The van der Waals surface area contributed by atoms with E-state index in [1.165, 1.54) is 0 Å². The summed E-state index contributed by atoms with van der Waals surface area (Å²) >= 11 is 0. The van der Waals surface area contributed by atoms with Crippen LogP contribution in [0.5, 0.6) is 0 Å². The fraction of sp³-hybridized carbons (Fsp3) is 0.400. The number of allylic oxidation sites excluding steroid dienone is 1. The monoisotopic (exact) mass is 244 g/mol. The first-order valence-corrected chi connectivity index (χ1v) is 6.34. The van der Waals surface area contributed by atoms with Crippen LogP contribution in [0.15, 0.2) is 36.0 Å². The summed E-state index contributed by atoms with van der Waals surface area (Å²) < 4.78 is 31.3. The molecule has 0 aromatic rings. The van der Waals surface area contributed by atoms with Crippen molar-refractivity contribution in [1.29, 1.82) is 0 Å². The molecule has 0 aromatic heterocycles. The maximum atomic E-state index is 11.3. The standard InChI is InChI=1S/C10H13O5P/c1-4-5-12-8(3)6-7(2)9-10-14-16(11,13-9)15-10/h4,6,8H,1,5H2,2-3H3/b7-6+. The van der Waals surface area contributed by atoms with Gasteiger partial charge in [-0.1, -0.05) is 6.08 Å². The normalized spacial score (nSPS) is 22.8. The predicted octanol–water partition coefficient (Wildman–Crippen LogP) is 2.88. The smallest absolute Gasteiger partial charge is 0.378 e. The van der Waals surface area contributed by atoms with E-state index in [9.17, 15) is 4.57 Å². The Morgan fingerprint density at radius 3 is 2.75 bits per heavy atom. The molecule has 3 rings (SSSR count). The summed E-state index contributed by atoms with van der Waals surface area (Å²) in [6.07, 6.45) is 3.43. The summed E-state index contributed by atoms with van der Waals surface area (Å²) in [7, 11) is -3.25. The highest BCUT2D eigenvalue weighted by molar-refractivity contribution is 7.50. The predicted molar refractivity (Wildman–Crippen MR) is 57.3 cm³/mol. The molecular formula is C10H13O5P. The largest absolute Gasteiger partial charge is 0.652 e. The van der Waals surface area contributed by atoms with Gasteiger partial charge in [-0.25, -0.2) is 0 Å². The van der Waals surface area contributed by atoms with Gasteiger partial charge in [0.15, 0.2) is 0 Å².